The maximum Gasteiger partial charge on any atom is 0.193 e. The molecule has 0 aromatic rings. The normalized spacial score (nSPS) is 23.1. The molecule has 2 aliphatic rings. The standard InChI is InChI=1S/C15H29N3S/c1-16-14(17-10-6-12-19-2)18-11-9-15(13-18)7-4-3-5-8-15/h3-13H2,1-2H3,(H,16,17). The van der Waals surface area contributed by atoms with Crippen LogP contribution < -0.4 is 5.32 Å². The highest BCUT2D eigenvalue weighted by Crippen LogP contribution is 2.43. The van der Waals surface area contributed by atoms with Crippen molar-refractivity contribution in [2.75, 3.05) is 38.7 Å². The lowest BCUT2D eigenvalue weighted by Gasteiger charge is -2.33. The molecule has 0 unspecified atom stereocenters. The number of guanidine groups is 1. The zero-order valence-corrected chi connectivity index (χ0v) is 13.4. The molecule has 0 radical (unpaired) electrons. The molecule has 0 atom stereocenters. The quantitative estimate of drug-likeness (QED) is 0.488. The van der Waals surface area contributed by atoms with Crippen molar-refractivity contribution < 1.29 is 0 Å². The molecule has 19 heavy (non-hydrogen) atoms. The van der Waals surface area contributed by atoms with E-state index in [0.29, 0.717) is 5.41 Å². The summed E-state index contributed by atoms with van der Waals surface area (Å²) in [5.74, 6) is 2.36. The molecule has 0 aromatic heterocycles. The molecule has 0 amide bonds. The molecular weight excluding hydrogens is 254 g/mol. The maximum absolute atomic E-state index is 4.47. The van der Waals surface area contributed by atoms with Crippen LogP contribution in [0.5, 0.6) is 0 Å². The van der Waals surface area contributed by atoms with Gasteiger partial charge in [-0.3, -0.25) is 4.99 Å². The van der Waals surface area contributed by atoms with Gasteiger partial charge in [-0.05, 0) is 43.1 Å². The third kappa shape index (κ3) is 4.04. The summed E-state index contributed by atoms with van der Waals surface area (Å²) in [6, 6.07) is 0. The Hall–Kier alpha value is -0.380. The van der Waals surface area contributed by atoms with Crippen LogP contribution in [-0.4, -0.2) is 49.6 Å². The Labute approximate surface area is 122 Å². The van der Waals surface area contributed by atoms with Gasteiger partial charge in [-0.1, -0.05) is 19.3 Å². The summed E-state index contributed by atoms with van der Waals surface area (Å²) in [7, 11) is 1.92. The Balaban J connectivity index is 1.80. The highest BCUT2D eigenvalue weighted by Gasteiger charge is 2.39. The van der Waals surface area contributed by atoms with Crippen molar-refractivity contribution in [2.24, 2.45) is 10.4 Å². The van der Waals surface area contributed by atoms with Crippen molar-refractivity contribution in [3.63, 3.8) is 0 Å². The fourth-order valence-electron chi connectivity index (χ4n) is 3.57. The SMILES string of the molecule is CN=C(NCCCSC)N1CCC2(CCCCC2)C1. The molecule has 1 N–H and O–H groups in total. The van der Waals surface area contributed by atoms with Crippen LogP contribution in [0.4, 0.5) is 0 Å². The second kappa shape index (κ2) is 7.41. The molecule has 1 spiro atoms. The fraction of sp³-hybridized carbons (Fsp3) is 0.933. The number of hydrogen-bond acceptors (Lipinski definition) is 2. The molecular formula is C15H29N3S. The minimum atomic E-state index is 0.620. The van der Waals surface area contributed by atoms with E-state index >= 15 is 0 Å². The maximum atomic E-state index is 4.47. The molecule has 4 heteroatoms. The molecule has 2 fully saturated rings. The van der Waals surface area contributed by atoms with Crippen LogP contribution in [0, 0.1) is 5.41 Å². The Bertz CT molecular complexity index is 298. The molecule has 1 aliphatic carbocycles. The van der Waals surface area contributed by atoms with E-state index in [0.717, 1.165) is 12.5 Å². The largest absolute Gasteiger partial charge is 0.356 e. The van der Waals surface area contributed by atoms with Crippen molar-refractivity contribution in [3.8, 4) is 0 Å². The van der Waals surface area contributed by atoms with E-state index in [2.05, 4.69) is 21.5 Å². The summed E-state index contributed by atoms with van der Waals surface area (Å²) in [6.07, 6.45) is 12.0. The van der Waals surface area contributed by atoms with Gasteiger partial charge >= 0.3 is 0 Å². The number of aliphatic imine (C=N–C) groups is 1. The molecule has 3 nitrogen and oxygen atoms in total. The number of hydrogen-bond donors (Lipinski definition) is 1. The van der Waals surface area contributed by atoms with Crippen LogP contribution in [0.3, 0.4) is 0 Å². The summed E-state index contributed by atoms with van der Waals surface area (Å²) < 4.78 is 0. The van der Waals surface area contributed by atoms with Gasteiger partial charge in [-0.2, -0.15) is 11.8 Å². The van der Waals surface area contributed by atoms with Crippen LogP contribution >= 0.6 is 11.8 Å². The highest BCUT2D eigenvalue weighted by atomic mass is 32.2. The Kier molecular flexibility index (Phi) is 5.86. The summed E-state index contributed by atoms with van der Waals surface area (Å²) in [4.78, 5) is 6.96. The van der Waals surface area contributed by atoms with E-state index in [4.69, 9.17) is 0 Å². The van der Waals surface area contributed by atoms with E-state index in [1.807, 2.05) is 18.8 Å². The lowest BCUT2D eigenvalue weighted by atomic mass is 9.73. The molecule has 1 saturated heterocycles. The minimum Gasteiger partial charge on any atom is -0.356 e. The summed E-state index contributed by atoms with van der Waals surface area (Å²) in [5.41, 5.74) is 0.620. The zero-order valence-electron chi connectivity index (χ0n) is 12.6. The average molecular weight is 283 g/mol. The number of likely N-dealkylation sites (tertiary alicyclic amines) is 1. The van der Waals surface area contributed by atoms with Crippen molar-refractivity contribution >= 4 is 17.7 Å². The second-order valence-electron chi connectivity index (χ2n) is 6.05. The van der Waals surface area contributed by atoms with Crippen LogP contribution in [-0.2, 0) is 0 Å². The van der Waals surface area contributed by atoms with Crippen LogP contribution in [0.25, 0.3) is 0 Å². The monoisotopic (exact) mass is 283 g/mol. The van der Waals surface area contributed by atoms with Crippen LogP contribution in [0.15, 0.2) is 4.99 Å². The van der Waals surface area contributed by atoms with Gasteiger partial charge in [0.1, 0.15) is 0 Å². The Morgan fingerprint density at radius 2 is 2.05 bits per heavy atom. The Morgan fingerprint density at radius 3 is 2.74 bits per heavy atom. The van der Waals surface area contributed by atoms with Crippen molar-refractivity contribution in [3.05, 3.63) is 0 Å². The van der Waals surface area contributed by atoms with Gasteiger partial charge in [0, 0.05) is 26.7 Å². The fourth-order valence-corrected chi connectivity index (χ4v) is 4.01. The van der Waals surface area contributed by atoms with Crippen LogP contribution in [0.1, 0.15) is 44.9 Å². The first kappa shape index (κ1) is 15.0. The third-order valence-electron chi connectivity index (χ3n) is 4.67. The second-order valence-corrected chi connectivity index (χ2v) is 7.04. The first-order chi connectivity index (χ1) is 9.29. The number of nitrogens with zero attached hydrogens (tertiary/aromatic N) is 2. The highest BCUT2D eigenvalue weighted by molar-refractivity contribution is 7.98. The first-order valence-corrected chi connectivity index (χ1v) is 9.14. The number of nitrogens with one attached hydrogen (secondary N) is 1. The molecule has 0 aromatic carbocycles. The molecule has 1 aliphatic heterocycles. The van der Waals surface area contributed by atoms with E-state index in [9.17, 15) is 0 Å². The van der Waals surface area contributed by atoms with Gasteiger partial charge in [-0.15, -0.1) is 0 Å². The predicted molar refractivity (Wildman–Crippen MR) is 86.1 cm³/mol. The minimum absolute atomic E-state index is 0.620. The van der Waals surface area contributed by atoms with Gasteiger partial charge < -0.3 is 10.2 Å². The lowest BCUT2D eigenvalue weighted by Crippen LogP contribution is -2.42. The average Bonchev–Trinajstić information content (AvgIpc) is 2.83. The molecule has 0 bridgehead atoms. The number of rotatable bonds is 4. The smallest absolute Gasteiger partial charge is 0.193 e. The zero-order chi connectivity index (χ0) is 13.6. The van der Waals surface area contributed by atoms with E-state index in [1.54, 1.807) is 0 Å². The summed E-state index contributed by atoms with van der Waals surface area (Å²) in [6.45, 7) is 3.48. The molecule has 110 valence electrons. The molecule has 1 saturated carbocycles. The lowest BCUT2D eigenvalue weighted by molar-refractivity contribution is 0.203. The third-order valence-corrected chi connectivity index (χ3v) is 5.37. The first-order valence-electron chi connectivity index (χ1n) is 7.74. The van der Waals surface area contributed by atoms with Crippen molar-refractivity contribution in [2.45, 2.75) is 44.9 Å². The topological polar surface area (TPSA) is 27.6 Å². The molecule has 1 heterocycles. The van der Waals surface area contributed by atoms with Gasteiger partial charge in [0.15, 0.2) is 5.96 Å². The van der Waals surface area contributed by atoms with Gasteiger partial charge in [0.2, 0.25) is 0 Å². The van der Waals surface area contributed by atoms with Crippen LogP contribution in [0.2, 0.25) is 0 Å². The molecule has 2 rings (SSSR count). The summed E-state index contributed by atoms with van der Waals surface area (Å²) in [5, 5.41) is 3.53. The van der Waals surface area contributed by atoms with Gasteiger partial charge in [-0.25, -0.2) is 0 Å². The van der Waals surface area contributed by atoms with Crippen molar-refractivity contribution in [1.82, 2.24) is 10.2 Å². The van der Waals surface area contributed by atoms with E-state index < -0.39 is 0 Å². The summed E-state index contributed by atoms with van der Waals surface area (Å²) >= 11 is 1.92. The van der Waals surface area contributed by atoms with Gasteiger partial charge in [0.25, 0.3) is 0 Å². The Morgan fingerprint density at radius 1 is 1.26 bits per heavy atom. The van der Waals surface area contributed by atoms with Crippen molar-refractivity contribution in [1.29, 1.82) is 0 Å². The number of thioether (sulfide) groups is 1. The predicted octanol–water partition coefficient (Wildman–Crippen LogP) is 2.97. The van der Waals surface area contributed by atoms with E-state index in [1.165, 1.54) is 63.8 Å². The van der Waals surface area contributed by atoms with E-state index in [-0.39, 0.29) is 0 Å². The van der Waals surface area contributed by atoms with Gasteiger partial charge in [0.05, 0.1) is 0 Å².